The van der Waals surface area contributed by atoms with Crippen LogP contribution in [0.3, 0.4) is 0 Å². The molecule has 0 spiro atoms. The van der Waals surface area contributed by atoms with Crippen molar-refractivity contribution in [3.63, 3.8) is 0 Å². The maximum Gasteiger partial charge on any atom is 0.268 e. The van der Waals surface area contributed by atoms with Gasteiger partial charge in [-0.1, -0.05) is 0 Å². The molecule has 0 heterocycles. The maximum atomic E-state index is 11.2. The zero-order valence-corrected chi connectivity index (χ0v) is 14.4. The summed E-state index contributed by atoms with van der Waals surface area (Å²) in [5.41, 5.74) is 0. The molecule has 6 nitrogen and oxygen atoms in total. The summed E-state index contributed by atoms with van der Waals surface area (Å²) in [6.07, 6.45) is 0.467. The average molecular weight is 438 g/mol. The molecule has 0 rings (SSSR count). The number of phosphoric ester groups is 1. The van der Waals surface area contributed by atoms with E-state index in [0.29, 0.717) is 24.1 Å². The number of quaternary nitrogens is 1. The minimum atomic E-state index is -4.15. The summed E-state index contributed by atoms with van der Waals surface area (Å²) in [5, 5.41) is 0. The standard InChI is InChI=1S/C9H22NO5P.W/c1-10(2,3)6-9-15-16(11,12)14-8-5-7-13-4;/h4-9H2,1-3H3,(H,11,12);/p-1. The van der Waals surface area contributed by atoms with Gasteiger partial charge in [0.25, 0.3) is 7.82 Å². The topological polar surface area (TPSA) is 67.8 Å². The Hall–Kier alpha value is 0.718. The van der Waals surface area contributed by atoms with Crippen LogP contribution >= 0.6 is 7.82 Å². The Kier molecular flexibility index (Phi) is 11.3. The summed E-state index contributed by atoms with van der Waals surface area (Å²) in [5.74, 6) is 0. The van der Waals surface area contributed by atoms with E-state index in [0.717, 1.165) is 0 Å². The van der Waals surface area contributed by atoms with E-state index in [9.17, 15) is 9.46 Å². The van der Waals surface area contributed by atoms with Gasteiger partial charge in [0.05, 0.1) is 27.7 Å². The second kappa shape index (κ2) is 9.62. The summed E-state index contributed by atoms with van der Waals surface area (Å²) in [6, 6.07) is 0. The molecular weight excluding hydrogens is 417 g/mol. The van der Waals surface area contributed by atoms with Crippen molar-refractivity contribution in [1.82, 2.24) is 0 Å². The van der Waals surface area contributed by atoms with Crippen LogP contribution in [0.2, 0.25) is 0 Å². The minimum absolute atomic E-state index is 0. The van der Waals surface area contributed by atoms with Crippen LogP contribution in [0, 0.1) is 7.11 Å². The Bertz CT molecular complexity index is 234. The number of hydrogen-bond acceptors (Lipinski definition) is 5. The fraction of sp³-hybridized carbons (Fsp3) is 0.889. The van der Waals surface area contributed by atoms with Gasteiger partial charge < -0.3 is 23.2 Å². The molecular formula is C9H21NO5PW-. The molecule has 0 aromatic heterocycles. The molecule has 1 atom stereocenters. The van der Waals surface area contributed by atoms with Gasteiger partial charge in [-0.3, -0.25) is 4.57 Å². The van der Waals surface area contributed by atoms with Gasteiger partial charge in [-0.25, -0.2) is 7.11 Å². The summed E-state index contributed by atoms with van der Waals surface area (Å²) < 4.78 is 25.7. The number of rotatable bonds is 9. The first-order valence-electron chi connectivity index (χ1n) is 5.04. The van der Waals surface area contributed by atoms with Crippen molar-refractivity contribution in [3.8, 4) is 0 Å². The summed E-state index contributed by atoms with van der Waals surface area (Å²) in [6.45, 7) is 1.13. The van der Waals surface area contributed by atoms with E-state index in [1.165, 1.54) is 0 Å². The molecule has 0 bridgehead atoms. The van der Waals surface area contributed by atoms with Gasteiger partial charge in [-0.15, -0.1) is 0 Å². The van der Waals surface area contributed by atoms with Crippen LogP contribution in [0.25, 0.3) is 0 Å². The molecule has 1 unspecified atom stereocenters. The Morgan fingerprint density at radius 3 is 2.18 bits per heavy atom. The Morgan fingerprint density at radius 1 is 1.18 bits per heavy atom. The van der Waals surface area contributed by atoms with Gasteiger partial charge >= 0.3 is 0 Å². The summed E-state index contributed by atoms with van der Waals surface area (Å²) >= 11 is 0. The van der Waals surface area contributed by atoms with Gasteiger partial charge in [0.1, 0.15) is 13.2 Å². The zero-order valence-electron chi connectivity index (χ0n) is 10.6. The van der Waals surface area contributed by atoms with E-state index in [1.807, 2.05) is 21.1 Å². The quantitative estimate of drug-likeness (QED) is 0.226. The predicted octanol–water partition coefficient (Wildman–Crippen LogP) is 0.390. The third-order valence-corrected chi connectivity index (χ3v) is 2.69. The number of hydrogen-bond donors (Lipinski definition) is 0. The summed E-state index contributed by atoms with van der Waals surface area (Å²) in [4.78, 5) is 11.2. The van der Waals surface area contributed by atoms with Crippen LogP contribution in [0.4, 0.5) is 0 Å². The van der Waals surface area contributed by atoms with E-state index in [-0.39, 0.29) is 34.3 Å². The molecule has 0 aliphatic heterocycles. The smallest absolute Gasteiger partial charge is 0.268 e. The Labute approximate surface area is 118 Å². The van der Waals surface area contributed by atoms with Crippen LogP contribution in [0.15, 0.2) is 0 Å². The molecule has 8 heteroatoms. The molecule has 0 aliphatic rings. The number of phosphoric acid groups is 1. The fourth-order valence-corrected chi connectivity index (χ4v) is 1.53. The molecule has 0 saturated carbocycles. The second-order valence-electron chi connectivity index (χ2n) is 4.39. The van der Waals surface area contributed by atoms with E-state index in [1.54, 1.807) is 0 Å². The van der Waals surface area contributed by atoms with Crippen molar-refractivity contribution in [1.29, 1.82) is 0 Å². The zero-order chi connectivity index (χ0) is 12.7. The first-order chi connectivity index (χ1) is 7.27. The van der Waals surface area contributed by atoms with Gasteiger partial charge in [-0.05, 0) is 6.42 Å². The fourth-order valence-electron chi connectivity index (χ4n) is 0.801. The third-order valence-electron chi connectivity index (χ3n) is 1.69. The molecule has 0 radical (unpaired) electrons. The number of likely N-dealkylation sites (N-methyl/N-ethyl adjacent to an activating group) is 1. The van der Waals surface area contributed by atoms with Crippen molar-refractivity contribution in [2.24, 2.45) is 0 Å². The molecule has 0 aromatic carbocycles. The van der Waals surface area contributed by atoms with Gasteiger partial charge in [0.2, 0.25) is 0 Å². The van der Waals surface area contributed by atoms with Crippen LogP contribution in [0.1, 0.15) is 6.42 Å². The molecule has 0 aromatic rings. The predicted molar refractivity (Wildman–Crippen MR) is 58.3 cm³/mol. The van der Waals surface area contributed by atoms with E-state index < -0.39 is 7.82 Å². The van der Waals surface area contributed by atoms with Crippen molar-refractivity contribution in [2.75, 3.05) is 47.5 Å². The molecule has 17 heavy (non-hydrogen) atoms. The molecule has 0 amide bonds. The molecule has 0 aliphatic carbocycles. The molecule has 0 fully saturated rings. The van der Waals surface area contributed by atoms with Crippen molar-refractivity contribution < 1.29 is 48.8 Å². The van der Waals surface area contributed by atoms with Crippen molar-refractivity contribution >= 4 is 7.82 Å². The van der Waals surface area contributed by atoms with Gasteiger partial charge in [-0.2, -0.15) is 0 Å². The summed E-state index contributed by atoms with van der Waals surface area (Å²) in [7, 11) is 4.86. The largest absolute Gasteiger partial charge is 0.756 e. The monoisotopic (exact) mass is 438 g/mol. The number of nitrogens with zero attached hydrogens (tertiary/aromatic N) is 1. The Balaban J connectivity index is 0. The average Bonchev–Trinajstić information content (AvgIpc) is 2.10. The Morgan fingerprint density at radius 2 is 1.71 bits per heavy atom. The SMILES string of the molecule is [CH2-]OCCCOP(=O)([O-])OCC[N+](C)(C)C.[W]. The second-order valence-corrected chi connectivity index (χ2v) is 5.80. The molecule has 0 N–H and O–H groups in total. The third kappa shape index (κ3) is 14.7. The van der Waals surface area contributed by atoms with E-state index >= 15 is 0 Å². The molecule has 104 valence electrons. The van der Waals surface area contributed by atoms with Crippen molar-refractivity contribution in [2.45, 2.75) is 6.42 Å². The van der Waals surface area contributed by atoms with Crippen LogP contribution in [0.5, 0.6) is 0 Å². The van der Waals surface area contributed by atoms with Gasteiger partial charge in [0.15, 0.2) is 0 Å². The van der Waals surface area contributed by atoms with E-state index in [2.05, 4.69) is 16.4 Å². The van der Waals surface area contributed by atoms with Crippen LogP contribution < -0.4 is 4.89 Å². The first kappa shape index (κ1) is 20.0. The van der Waals surface area contributed by atoms with E-state index in [4.69, 9.17) is 4.52 Å². The first-order valence-corrected chi connectivity index (χ1v) is 6.50. The van der Waals surface area contributed by atoms with Crippen LogP contribution in [-0.2, 0) is 39.4 Å². The van der Waals surface area contributed by atoms with Gasteiger partial charge in [0, 0.05) is 27.7 Å². The van der Waals surface area contributed by atoms with Crippen LogP contribution in [-0.4, -0.2) is 52.0 Å². The normalized spacial score (nSPS) is 15.1. The maximum absolute atomic E-state index is 11.2. The number of ether oxygens (including phenoxy) is 1. The minimum Gasteiger partial charge on any atom is -0.756 e. The molecule has 0 saturated heterocycles. The van der Waals surface area contributed by atoms with Crippen molar-refractivity contribution in [3.05, 3.63) is 7.11 Å².